The summed E-state index contributed by atoms with van der Waals surface area (Å²) in [6.45, 7) is 0.933. The second-order valence-corrected chi connectivity index (χ2v) is 7.71. The van der Waals surface area contributed by atoms with Crippen molar-refractivity contribution >= 4 is 21.5 Å². The average Bonchev–Trinajstić information content (AvgIpc) is 3.26. The monoisotopic (exact) mass is 350 g/mol. The van der Waals surface area contributed by atoms with E-state index in [1.54, 1.807) is 17.2 Å². The first-order valence-corrected chi connectivity index (χ1v) is 8.88. The molecule has 3 heterocycles. The molecule has 0 aromatic carbocycles. The van der Waals surface area contributed by atoms with Crippen molar-refractivity contribution in [2.24, 2.45) is 0 Å². The number of furan rings is 2. The predicted octanol–water partition coefficient (Wildman–Crippen LogP) is 2.05. The quantitative estimate of drug-likeness (QED) is 0.843. The molecular formula is C16H18N2O5S. The minimum atomic E-state index is -3.70. The molecular weight excluding hydrogens is 332 g/mol. The molecule has 1 aliphatic rings. The summed E-state index contributed by atoms with van der Waals surface area (Å²) in [6, 6.07) is 6.33. The molecule has 0 spiro atoms. The summed E-state index contributed by atoms with van der Waals surface area (Å²) in [5.74, 6) is 0.395. The van der Waals surface area contributed by atoms with E-state index in [0.29, 0.717) is 19.5 Å². The van der Waals surface area contributed by atoms with Crippen LogP contribution in [-0.2, 0) is 10.0 Å². The first-order valence-electron chi connectivity index (χ1n) is 7.44. The van der Waals surface area contributed by atoms with Crippen LogP contribution in [0.25, 0.3) is 5.57 Å². The van der Waals surface area contributed by atoms with Crippen LogP contribution in [0.15, 0.2) is 50.5 Å². The first-order chi connectivity index (χ1) is 11.4. The lowest BCUT2D eigenvalue weighted by molar-refractivity contribution is 0.0736. The van der Waals surface area contributed by atoms with Gasteiger partial charge in [0, 0.05) is 32.8 Å². The molecule has 1 amide bonds. The molecule has 24 heavy (non-hydrogen) atoms. The van der Waals surface area contributed by atoms with Crippen molar-refractivity contribution in [2.75, 3.05) is 27.2 Å². The molecule has 0 N–H and O–H groups in total. The van der Waals surface area contributed by atoms with Crippen LogP contribution in [0.5, 0.6) is 0 Å². The maximum absolute atomic E-state index is 12.6. The summed E-state index contributed by atoms with van der Waals surface area (Å²) in [7, 11) is -0.883. The van der Waals surface area contributed by atoms with Gasteiger partial charge in [-0.1, -0.05) is 6.08 Å². The highest BCUT2D eigenvalue weighted by atomic mass is 32.2. The Hall–Kier alpha value is -2.32. The van der Waals surface area contributed by atoms with Crippen LogP contribution in [0.4, 0.5) is 0 Å². The van der Waals surface area contributed by atoms with Crippen molar-refractivity contribution in [3.05, 3.63) is 48.1 Å². The van der Waals surface area contributed by atoms with Gasteiger partial charge in [-0.25, -0.2) is 12.7 Å². The molecule has 0 saturated carbocycles. The summed E-state index contributed by atoms with van der Waals surface area (Å²) in [4.78, 5) is 14.2. The molecule has 1 aliphatic heterocycles. The smallest absolute Gasteiger partial charge is 0.289 e. The molecule has 128 valence electrons. The molecule has 2 aromatic rings. The van der Waals surface area contributed by atoms with E-state index in [9.17, 15) is 13.2 Å². The number of hydrogen-bond donors (Lipinski definition) is 0. The van der Waals surface area contributed by atoms with Crippen LogP contribution in [0.2, 0.25) is 0 Å². The molecule has 0 fully saturated rings. The van der Waals surface area contributed by atoms with Crippen LogP contribution < -0.4 is 0 Å². The zero-order chi connectivity index (χ0) is 17.3. The molecule has 0 unspecified atom stereocenters. The second-order valence-electron chi connectivity index (χ2n) is 5.63. The normalized spacial score (nSPS) is 15.6. The highest BCUT2D eigenvalue weighted by Gasteiger charge is 2.27. The van der Waals surface area contributed by atoms with Crippen LogP contribution >= 0.6 is 0 Å². The van der Waals surface area contributed by atoms with Crippen LogP contribution in [-0.4, -0.2) is 50.7 Å². The summed E-state index contributed by atoms with van der Waals surface area (Å²) in [6.07, 6.45) is 4.32. The minimum absolute atomic E-state index is 0.0103. The van der Waals surface area contributed by atoms with Gasteiger partial charge in [-0.05, 0) is 30.7 Å². The van der Waals surface area contributed by atoms with Gasteiger partial charge in [0.2, 0.25) is 5.09 Å². The Morgan fingerprint density at radius 2 is 2.04 bits per heavy atom. The summed E-state index contributed by atoms with van der Waals surface area (Å²) in [5, 5.41) is -0.241. The van der Waals surface area contributed by atoms with E-state index in [4.69, 9.17) is 8.83 Å². The number of carbonyl (C=O) groups excluding carboxylic acids is 1. The molecule has 0 radical (unpaired) electrons. The first kappa shape index (κ1) is 16.5. The second kappa shape index (κ2) is 6.29. The lowest BCUT2D eigenvalue weighted by Crippen LogP contribution is -2.35. The fourth-order valence-electron chi connectivity index (χ4n) is 2.47. The standard InChI is InChI=1S/C16H18N2O5S/c1-17(2)24(20,21)15-8-7-14(23-15)16(19)18-9-3-5-12(11-18)13-6-4-10-22-13/h4-8,10H,3,9,11H2,1-2H3. The van der Waals surface area contributed by atoms with E-state index in [0.717, 1.165) is 15.6 Å². The molecule has 7 nitrogen and oxygen atoms in total. The van der Waals surface area contributed by atoms with Gasteiger partial charge in [0.05, 0.1) is 6.26 Å². The average molecular weight is 350 g/mol. The summed E-state index contributed by atoms with van der Waals surface area (Å²) < 4.78 is 35.8. The number of sulfonamides is 1. The summed E-state index contributed by atoms with van der Waals surface area (Å²) in [5.41, 5.74) is 0.923. The molecule has 8 heteroatoms. The zero-order valence-electron chi connectivity index (χ0n) is 13.4. The van der Waals surface area contributed by atoms with Gasteiger partial charge in [-0.2, -0.15) is 0 Å². The van der Waals surface area contributed by atoms with Crippen molar-refractivity contribution in [1.29, 1.82) is 0 Å². The third kappa shape index (κ3) is 3.02. The van der Waals surface area contributed by atoms with E-state index in [-0.39, 0.29) is 16.8 Å². The van der Waals surface area contributed by atoms with Crippen LogP contribution in [0.3, 0.4) is 0 Å². The summed E-state index contributed by atoms with van der Waals surface area (Å²) >= 11 is 0. The van der Waals surface area contributed by atoms with Gasteiger partial charge in [0.25, 0.3) is 15.9 Å². The van der Waals surface area contributed by atoms with Crippen LogP contribution in [0.1, 0.15) is 22.7 Å². The number of nitrogens with zero attached hydrogens (tertiary/aromatic N) is 2. The third-order valence-electron chi connectivity index (χ3n) is 3.80. The SMILES string of the molecule is CN(C)S(=O)(=O)c1ccc(C(=O)N2CCC=C(c3ccco3)C2)o1. The lowest BCUT2D eigenvalue weighted by atomic mass is 10.1. The van der Waals surface area contributed by atoms with Crippen LogP contribution in [0, 0.1) is 0 Å². The zero-order valence-corrected chi connectivity index (χ0v) is 14.2. The van der Waals surface area contributed by atoms with Crippen molar-refractivity contribution in [3.63, 3.8) is 0 Å². The number of amides is 1. The fraction of sp³-hybridized carbons (Fsp3) is 0.312. The van der Waals surface area contributed by atoms with Crippen molar-refractivity contribution in [1.82, 2.24) is 9.21 Å². The van der Waals surface area contributed by atoms with Gasteiger partial charge in [-0.3, -0.25) is 4.79 Å². The molecule has 0 saturated heterocycles. The molecule has 3 rings (SSSR count). The lowest BCUT2D eigenvalue weighted by Gasteiger charge is -2.25. The number of rotatable bonds is 4. The number of hydrogen-bond acceptors (Lipinski definition) is 5. The molecule has 2 aromatic heterocycles. The van der Waals surface area contributed by atoms with E-state index < -0.39 is 10.0 Å². The highest BCUT2D eigenvalue weighted by molar-refractivity contribution is 7.88. The predicted molar refractivity (Wildman–Crippen MR) is 86.8 cm³/mol. The largest absolute Gasteiger partial charge is 0.465 e. The Kier molecular flexibility index (Phi) is 4.33. The van der Waals surface area contributed by atoms with Gasteiger partial charge < -0.3 is 13.7 Å². The van der Waals surface area contributed by atoms with Crippen molar-refractivity contribution < 1.29 is 22.0 Å². The van der Waals surface area contributed by atoms with E-state index in [1.807, 2.05) is 12.1 Å². The highest BCUT2D eigenvalue weighted by Crippen LogP contribution is 2.24. The Balaban J connectivity index is 1.78. The maximum Gasteiger partial charge on any atom is 0.289 e. The third-order valence-corrected chi connectivity index (χ3v) is 5.49. The van der Waals surface area contributed by atoms with Gasteiger partial charge >= 0.3 is 0 Å². The molecule has 0 aliphatic carbocycles. The topological polar surface area (TPSA) is 84.0 Å². The Labute approximate surface area is 140 Å². The molecule has 0 atom stereocenters. The Morgan fingerprint density at radius 1 is 1.25 bits per heavy atom. The van der Waals surface area contributed by atoms with Gasteiger partial charge in [0.15, 0.2) is 5.76 Å². The Bertz CT molecular complexity index is 862. The van der Waals surface area contributed by atoms with Crippen molar-refractivity contribution in [2.45, 2.75) is 11.5 Å². The minimum Gasteiger partial charge on any atom is -0.465 e. The van der Waals surface area contributed by atoms with Gasteiger partial charge in [0.1, 0.15) is 5.76 Å². The van der Waals surface area contributed by atoms with E-state index in [2.05, 4.69) is 0 Å². The Morgan fingerprint density at radius 3 is 2.71 bits per heavy atom. The number of carbonyl (C=O) groups is 1. The fourth-order valence-corrected chi connectivity index (χ4v) is 3.26. The van der Waals surface area contributed by atoms with E-state index >= 15 is 0 Å². The maximum atomic E-state index is 12.6. The molecule has 0 bridgehead atoms. The van der Waals surface area contributed by atoms with E-state index in [1.165, 1.54) is 26.2 Å². The van der Waals surface area contributed by atoms with Gasteiger partial charge in [-0.15, -0.1) is 0 Å². The van der Waals surface area contributed by atoms with Crippen molar-refractivity contribution in [3.8, 4) is 0 Å².